The summed E-state index contributed by atoms with van der Waals surface area (Å²) in [5.74, 6) is 1.20. The molecule has 11 heteroatoms. The van der Waals surface area contributed by atoms with Crippen LogP contribution >= 0.6 is 0 Å². The Balaban J connectivity index is 1.85. The molecular formula is C21H27N7O4. The molecule has 0 saturated carbocycles. The maximum Gasteiger partial charge on any atom is 0.253 e. The van der Waals surface area contributed by atoms with Crippen LogP contribution in [-0.4, -0.2) is 101 Å². The number of rotatable bonds is 7. The zero-order valence-corrected chi connectivity index (χ0v) is 18.5. The molecule has 0 amide bonds. The first kappa shape index (κ1) is 22.1. The molecule has 2 aromatic heterocycles. The molecular weight excluding hydrogens is 414 g/mol. The average Bonchev–Trinajstić information content (AvgIpc) is 3.48. The maximum absolute atomic E-state index is 10.3. The van der Waals surface area contributed by atoms with Gasteiger partial charge >= 0.3 is 0 Å². The molecule has 0 aromatic carbocycles. The zero-order chi connectivity index (χ0) is 22.8. The Kier molecular flexibility index (Phi) is 6.31. The second kappa shape index (κ2) is 9.15. The zero-order valence-electron chi connectivity index (χ0n) is 18.5. The number of fused-ring (bicyclic) bond motifs is 1. The van der Waals surface area contributed by atoms with E-state index in [2.05, 4.69) is 20.0 Å². The van der Waals surface area contributed by atoms with E-state index in [-0.39, 0.29) is 12.6 Å². The lowest BCUT2D eigenvalue weighted by Gasteiger charge is -2.17. The smallest absolute Gasteiger partial charge is 0.253 e. The standard InChI is InChI=1S/C21H27N7O4/c1-27(2)10-22-20-16-17(13-6-5-7-31-13)24-18(14-8-12(30)15(9-29)32-14)19(16)25-21(26-20)23-11-28(3)4/h5-7,10-12,14-15,18,29-30H,8-9H2,1-4H3/b22-10-,23-11+. The summed E-state index contributed by atoms with van der Waals surface area (Å²) in [6.07, 6.45) is 3.23. The molecule has 11 nitrogen and oxygen atoms in total. The lowest BCUT2D eigenvalue weighted by Crippen LogP contribution is -2.24. The van der Waals surface area contributed by atoms with Gasteiger partial charge in [0.25, 0.3) is 5.95 Å². The van der Waals surface area contributed by atoms with E-state index in [0.29, 0.717) is 35.0 Å². The second-order valence-corrected chi connectivity index (χ2v) is 8.12. The lowest BCUT2D eigenvalue weighted by molar-refractivity contribution is -0.0281. The first-order chi connectivity index (χ1) is 15.4. The Hall–Kier alpha value is -3.15. The van der Waals surface area contributed by atoms with E-state index in [1.807, 2.05) is 34.3 Å². The molecule has 4 atom stereocenters. The van der Waals surface area contributed by atoms with Crippen LogP contribution in [0, 0.1) is 0 Å². The molecule has 0 radical (unpaired) electrons. The number of ether oxygens (including phenoxy) is 1. The molecule has 0 bridgehead atoms. The molecule has 2 aliphatic rings. The van der Waals surface area contributed by atoms with Crippen LogP contribution in [0.4, 0.5) is 11.8 Å². The summed E-state index contributed by atoms with van der Waals surface area (Å²) >= 11 is 0. The van der Waals surface area contributed by atoms with E-state index in [1.165, 1.54) is 0 Å². The van der Waals surface area contributed by atoms with Gasteiger partial charge in [-0.15, -0.1) is 0 Å². The van der Waals surface area contributed by atoms with Crippen molar-refractivity contribution in [3.05, 3.63) is 35.4 Å². The largest absolute Gasteiger partial charge is 0.463 e. The quantitative estimate of drug-likeness (QED) is 0.479. The minimum absolute atomic E-state index is 0.238. The highest BCUT2D eigenvalue weighted by Gasteiger charge is 2.44. The summed E-state index contributed by atoms with van der Waals surface area (Å²) < 4.78 is 11.5. The van der Waals surface area contributed by atoms with Crippen molar-refractivity contribution in [3.8, 4) is 0 Å². The molecule has 2 N–H and O–H groups in total. The van der Waals surface area contributed by atoms with Crippen LogP contribution in [-0.2, 0) is 4.74 Å². The highest BCUT2D eigenvalue weighted by molar-refractivity contribution is 6.16. The number of aliphatic hydroxyl groups excluding tert-OH is 2. The molecule has 0 aliphatic carbocycles. The third-order valence-corrected chi connectivity index (χ3v) is 5.05. The molecule has 4 heterocycles. The molecule has 2 aromatic rings. The third-order valence-electron chi connectivity index (χ3n) is 5.05. The molecule has 4 rings (SSSR count). The van der Waals surface area contributed by atoms with E-state index in [0.717, 1.165) is 0 Å². The van der Waals surface area contributed by atoms with E-state index in [4.69, 9.17) is 14.1 Å². The predicted molar refractivity (Wildman–Crippen MR) is 119 cm³/mol. The highest BCUT2D eigenvalue weighted by Crippen LogP contribution is 2.42. The molecule has 170 valence electrons. The van der Waals surface area contributed by atoms with Crippen LogP contribution in [0.2, 0.25) is 0 Å². The Labute approximate surface area is 185 Å². The summed E-state index contributed by atoms with van der Waals surface area (Å²) in [6, 6.07) is 3.06. The molecule has 32 heavy (non-hydrogen) atoms. The normalized spacial score (nSPS) is 25.0. The Morgan fingerprint density at radius 1 is 1.16 bits per heavy atom. The number of hydrogen-bond acceptors (Lipinski definition) is 9. The fourth-order valence-electron chi connectivity index (χ4n) is 3.64. The van der Waals surface area contributed by atoms with Crippen molar-refractivity contribution in [3.63, 3.8) is 0 Å². The predicted octanol–water partition coefficient (Wildman–Crippen LogP) is 0.915. The van der Waals surface area contributed by atoms with Crippen LogP contribution in [0.25, 0.3) is 0 Å². The molecule has 2 aliphatic heterocycles. The average molecular weight is 441 g/mol. The van der Waals surface area contributed by atoms with Gasteiger partial charge in [0.15, 0.2) is 11.6 Å². The minimum atomic E-state index is -0.782. The van der Waals surface area contributed by atoms with Crippen molar-refractivity contribution in [1.82, 2.24) is 19.8 Å². The SMILES string of the molecule is CN(C)/C=N\c1nc(/N=C/N(C)C)nc2c1C(c1ccco1)=NC2C1CC(O)C(CO)O1. The summed E-state index contributed by atoms with van der Waals surface area (Å²) in [5, 5.41) is 19.8. The minimum Gasteiger partial charge on any atom is -0.463 e. The van der Waals surface area contributed by atoms with Gasteiger partial charge in [-0.25, -0.2) is 15.0 Å². The maximum atomic E-state index is 10.3. The summed E-state index contributed by atoms with van der Waals surface area (Å²) in [7, 11) is 7.43. The van der Waals surface area contributed by atoms with Gasteiger partial charge in [-0.1, -0.05) is 0 Å². The fraction of sp³-hybridized carbons (Fsp3) is 0.476. The summed E-state index contributed by atoms with van der Waals surface area (Å²) in [5.41, 5.74) is 1.80. The summed E-state index contributed by atoms with van der Waals surface area (Å²) in [4.78, 5) is 26.6. The van der Waals surface area contributed by atoms with Crippen molar-refractivity contribution in [2.75, 3.05) is 34.8 Å². The van der Waals surface area contributed by atoms with E-state index in [1.54, 1.807) is 34.8 Å². The van der Waals surface area contributed by atoms with Gasteiger partial charge in [-0.3, -0.25) is 4.99 Å². The summed E-state index contributed by atoms with van der Waals surface area (Å²) in [6.45, 7) is -0.271. The number of aliphatic imine (C=N–C) groups is 3. The first-order valence-electron chi connectivity index (χ1n) is 10.3. The molecule has 0 spiro atoms. The van der Waals surface area contributed by atoms with Crippen molar-refractivity contribution >= 4 is 30.2 Å². The number of nitrogens with zero attached hydrogens (tertiary/aromatic N) is 7. The number of furan rings is 1. The van der Waals surface area contributed by atoms with Gasteiger partial charge < -0.3 is 29.2 Å². The van der Waals surface area contributed by atoms with Crippen molar-refractivity contribution < 1.29 is 19.4 Å². The third kappa shape index (κ3) is 4.40. The van der Waals surface area contributed by atoms with Crippen molar-refractivity contribution in [2.45, 2.75) is 30.8 Å². The second-order valence-electron chi connectivity index (χ2n) is 8.12. The Bertz CT molecular complexity index is 1030. The van der Waals surface area contributed by atoms with Gasteiger partial charge in [0.2, 0.25) is 0 Å². The van der Waals surface area contributed by atoms with E-state index in [9.17, 15) is 10.2 Å². The van der Waals surface area contributed by atoms with Crippen molar-refractivity contribution in [1.29, 1.82) is 0 Å². The number of aliphatic hydroxyl groups is 2. The van der Waals surface area contributed by atoms with E-state index < -0.39 is 24.4 Å². The topological polar surface area (TPSA) is 132 Å². The van der Waals surface area contributed by atoms with Gasteiger partial charge in [0.1, 0.15) is 17.9 Å². The van der Waals surface area contributed by atoms with Crippen LogP contribution in [0.15, 0.2) is 37.8 Å². The van der Waals surface area contributed by atoms with Gasteiger partial charge in [-0.2, -0.15) is 4.98 Å². The van der Waals surface area contributed by atoms with Crippen molar-refractivity contribution in [2.24, 2.45) is 15.0 Å². The fourth-order valence-corrected chi connectivity index (χ4v) is 3.64. The van der Waals surface area contributed by atoms with Crippen LogP contribution in [0.5, 0.6) is 0 Å². The van der Waals surface area contributed by atoms with Crippen LogP contribution in [0.1, 0.15) is 29.5 Å². The highest BCUT2D eigenvalue weighted by atomic mass is 16.5. The lowest BCUT2D eigenvalue weighted by atomic mass is 10.0. The van der Waals surface area contributed by atoms with Gasteiger partial charge in [0, 0.05) is 34.6 Å². The monoisotopic (exact) mass is 441 g/mol. The first-order valence-corrected chi connectivity index (χ1v) is 10.3. The van der Waals surface area contributed by atoms with Crippen LogP contribution in [0.3, 0.4) is 0 Å². The number of aromatic nitrogens is 2. The Morgan fingerprint density at radius 2 is 1.91 bits per heavy atom. The molecule has 4 unspecified atom stereocenters. The number of hydrogen-bond donors (Lipinski definition) is 2. The molecule has 1 saturated heterocycles. The van der Waals surface area contributed by atoms with Gasteiger partial charge in [-0.05, 0) is 12.1 Å². The van der Waals surface area contributed by atoms with E-state index >= 15 is 0 Å². The van der Waals surface area contributed by atoms with Crippen LogP contribution < -0.4 is 0 Å². The molecule has 1 fully saturated rings. The Morgan fingerprint density at radius 3 is 2.53 bits per heavy atom. The van der Waals surface area contributed by atoms with Gasteiger partial charge in [0.05, 0.1) is 49.0 Å².